The Kier molecular flexibility index (Phi) is 3.46. The van der Waals surface area contributed by atoms with Crippen molar-refractivity contribution in [2.24, 2.45) is 0 Å². The van der Waals surface area contributed by atoms with Gasteiger partial charge in [-0.15, -0.1) is 0 Å². The predicted molar refractivity (Wildman–Crippen MR) is 64.2 cm³/mol. The Bertz CT molecular complexity index is 539. The number of nitrogens with zero attached hydrogens (tertiary/aromatic N) is 3. The van der Waals surface area contributed by atoms with E-state index in [1.807, 2.05) is 13.0 Å². The fourth-order valence-corrected chi connectivity index (χ4v) is 2.92. The lowest BCUT2D eigenvalue weighted by Crippen LogP contribution is -2.34. The summed E-state index contributed by atoms with van der Waals surface area (Å²) >= 11 is 5.53. The van der Waals surface area contributed by atoms with Gasteiger partial charge in [0.1, 0.15) is 4.90 Å². The summed E-state index contributed by atoms with van der Waals surface area (Å²) in [4.78, 5) is 7.46. The van der Waals surface area contributed by atoms with E-state index >= 15 is 0 Å². The number of aromatic nitrogens is 2. The molecule has 1 aliphatic heterocycles. The molecule has 0 aromatic carbocycles. The van der Waals surface area contributed by atoms with Crippen LogP contribution in [0.1, 0.15) is 13.3 Å². The lowest BCUT2D eigenvalue weighted by Gasteiger charge is -2.24. The van der Waals surface area contributed by atoms with E-state index in [-0.39, 0.29) is 10.2 Å². The summed E-state index contributed by atoms with van der Waals surface area (Å²) in [5.74, 6) is 0. The van der Waals surface area contributed by atoms with Gasteiger partial charge in [0.05, 0.1) is 12.4 Å². The van der Waals surface area contributed by atoms with Crippen molar-refractivity contribution in [3.63, 3.8) is 0 Å². The number of rotatable bonds is 2. The van der Waals surface area contributed by atoms with Crippen LogP contribution in [0.3, 0.4) is 0 Å². The highest BCUT2D eigenvalue weighted by atomic mass is 35.5. The molecule has 1 aliphatic rings. The number of halogens is 1. The molecule has 0 N–H and O–H groups in total. The van der Waals surface area contributed by atoms with E-state index in [0.29, 0.717) is 13.1 Å². The number of sulfonamides is 1. The van der Waals surface area contributed by atoms with Gasteiger partial charge < -0.3 is 0 Å². The first-order valence-corrected chi connectivity index (χ1v) is 6.95. The minimum Gasteiger partial charge on any atom is -0.225 e. The molecule has 2 heterocycles. The van der Waals surface area contributed by atoms with E-state index in [1.54, 1.807) is 0 Å². The van der Waals surface area contributed by atoms with Crippen molar-refractivity contribution in [1.29, 1.82) is 0 Å². The van der Waals surface area contributed by atoms with Crippen LogP contribution in [-0.2, 0) is 10.0 Å². The average Bonchev–Trinajstić information content (AvgIpc) is 2.30. The average molecular weight is 274 g/mol. The summed E-state index contributed by atoms with van der Waals surface area (Å²) in [6, 6.07) is 0. The smallest absolute Gasteiger partial charge is 0.225 e. The molecule has 0 spiro atoms. The molecule has 7 heteroatoms. The van der Waals surface area contributed by atoms with Crippen LogP contribution >= 0.6 is 11.6 Å². The second-order valence-corrected chi connectivity index (χ2v) is 6.13. The molecule has 0 fully saturated rings. The van der Waals surface area contributed by atoms with Gasteiger partial charge in [-0.3, -0.25) is 0 Å². The van der Waals surface area contributed by atoms with Gasteiger partial charge in [-0.2, -0.15) is 4.31 Å². The molecule has 2 rings (SSSR count). The Labute approximate surface area is 105 Å². The number of hydrogen-bond acceptors (Lipinski definition) is 4. The van der Waals surface area contributed by atoms with Gasteiger partial charge in [0.15, 0.2) is 0 Å². The molecular weight excluding hydrogens is 262 g/mol. The Morgan fingerprint density at radius 2 is 2.00 bits per heavy atom. The third kappa shape index (κ3) is 2.65. The summed E-state index contributed by atoms with van der Waals surface area (Å²) in [5, 5.41) is 0.0401. The van der Waals surface area contributed by atoms with Crippen molar-refractivity contribution in [2.45, 2.75) is 18.2 Å². The van der Waals surface area contributed by atoms with Gasteiger partial charge in [-0.1, -0.05) is 11.6 Å². The normalized spacial score (nSPS) is 17.9. The zero-order chi connectivity index (χ0) is 12.5. The van der Waals surface area contributed by atoms with Crippen molar-refractivity contribution >= 4 is 21.6 Å². The van der Waals surface area contributed by atoms with E-state index in [9.17, 15) is 8.42 Å². The third-order valence-electron chi connectivity index (χ3n) is 2.63. The molecule has 17 heavy (non-hydrogen) atoms. The summed E-state index contributed by atoms with van der Waals surface area (Å²) < 4.78 is 25.8. The highest BCUT2D eigenvalue weighted by Crippen LogP contribution is 2.19. The molecule has 0 saturated heterocycles. The minimum absolute atomic E-state index is 0.0401. The van der Waals surface area contributed by atoms with Crippen LogP contribution in [0, 0.1) is 0 Å². The first-order chi connectivity index (χ1) is 8.00. The maximum Gasteiger partial charge on any atom is 0.246 e. The monoisotopic (exact) mass is 273 g/mol. The quantitative estimate of drug-likeness (QED) is 0.605. The van der Waals surface area contributed by atoms with Crippen LogP contribution in [0.2, 0.25) is 5.28 Å². The summed E-state index contributed by atoms with van der Waals surface area (Å²) in [6.07, 6.45) is 5.14. The first kappa shape index (κ1) is 12.5. The lowest BCUT2D eigenvalue weighted by molar-refractivity contribution is 0.431. The topological polar surface area (TPSA) is 63.2 Å². The van der Waals surface area contributed by atoms with Crippen molar-refractivity contribution in [3.05, 3.63) is 29.3 Å². The van der Waals surface area contributed by atoms with Crippen molar-refractivity contribution in [3.8, 4) is 0 Å². The molecule has 0 aliphatic carbocycles. The Hall–Kier alpha value is -0.980. The van der Waals surface area contributed by atoms with E-state index in [0.717, 1.165) is 6.42 Å². The van der Waals surface area contributed by atoms with Gasteiger partial charge in [0.2, 0.25) is 15.3 Å². The van der Waals surface area contributed by atoms with Crippen LogP contribution in [0.4, 0.5) is 0 Å². The predicted octanol–water partition coefficient (Wildman–Crippen LogP) is 1.47. The van der Waals surface area contributed by atoms with Gasteiger partial charge in [-0.25, -0.2) is 18.4 Å². The zero-order valence-corrected chi connectivity index (χ0v) is 10.9. The Balaban J connectivity index is 2.28. The highest BCUT2D eigenvalue weighted by Gasteiger charge is 2.25. The van der Waals surface area contributed by atoms with Crippen molar-refractivity contribution in [1.82, 2.24) is 14.3 Å². The maximum absolute atomic E-state index is 12.2. The molecular formula is C10H12ClN3O2S. The third-order valence-corrected chi connectivity index (χ3v) is 4.65. The van der Waals surface area contributed by atoms with Gasteiger partial charge >= 0.3 is 0 Å². The van der Waals surface area contributed by atoms with E-state index in [2.05, 4.69) is 9.97 Å². The van der Waals surface area contributed by atoms with Crippen LogP contribution < -0.4 is 0 Å². The fraction of sp³-hybridized carbons (Fsp3) is 0.400. The molecule has 0 amide bonds. The Morgan fingerprint density at radius 1 is 1.35 bits per heavy atom. The summed E-state index contributed by atoms with van der Waals surface area (Å²) in [6.45, 7) is 2.89. The van der Waals surface area contributed by atoms with Crippen molar-refractivity contribution < 1.29 is 8.42 Å². The SMILES string of the molecule is CC1=CCN(S(=O)(=O)c2cnc(Cl)nc2)CC1. The van der Waals surface area contributed by atoms with Gasteiger partial charge in [0.25, 0.3) is 0 Å². The van der Waals surface area contributed by atoms with E-state index < -0.39 is 10.0 Å². The first-order valence-electron chi connectivity index (χ1n) is 5.13. The van der Waals surface area contributed by atoms with E-state index in [1.165, 1.54) is 22.3 Å². The molecule has 1 aromatic rings. The van der Waals surface area contributed by atoms with Gasteiger partial charge in [0, 0.05) is 13.1 Å². The number of hydrogen-bond donors (Lipinski definition) is 0. The summed E-state index contributed by atoms with van der Waals surface area (Å²) in [5.41, 5.74) is 1.21. The van der Waals surface area contributed by atoms with Gasteiger partial charge in [-0.05, 0) is 24.9 Å². The highest BCUT2D eigenvalue weighted by molar-refractivity contribution is 7.89. The second kappa shape index (κ2) is 4.72. The van der Waals surface area contributed by atoms with Crippen molar-refractivity contribution in [2.75, 3.05) is 13.1 Å². The Morgan fingerprint density at radius 3 is 2.53 bits per heavy atom. The van der Waals surface area contributed by atoms with Crippen LogP contribution in [0.25, 0.3) is 0 Å². The van der Waals surface area contributed by atoms with Crippen LogP contribution in [0.5, 0.6) is 0 Å². The molecule has 92 valence electrons. The molecule has 0 atom stereocenters. The zero-order valence-electron chi connectivity index (χ0n) is 9.30. The summed E-state index contributed by atoms with van der Waals surface area (Å²) in [7, 11) is -3.50. The molecule has 0 bridgehead atoms. The molecule has 5 nitrogen and oxygen atoms in total. The fourth-order valence-electron chi connectivity index (χ4n) is 1.55. The standard InChI is InChI=1S/C10H12ClN3O2S/c1-8-2-4-14(5-3-8)17(15,16)9-6-12-10(11)13-7-9/h2,6-7H,3-5H2,1H3. The van der Waals surface area contributed by atoms with E-state index in [4.69, 9.17) is 11.6 Å². The largest absolute Gasteiger partial charge is 0.246 e. The minimum atomic E-state index is -3.50. The maximum atomic E-state index is 12.2. The van der Waals surface area contributed by atoms with Crippen LogP contribution in [0.15, 0.2) is 28.9 Å². The molecule has 1 aromatic heterocycles. The lowest BCUT2D eigenvalue weighted by atomic mass is 10.1. The molecule has 0 unspecified atom stereocenters. The molecule has 0 saturated carbocycles. The second-order valence-electron chi connectivity index (χ2n) is 3.85. The van der Waals surface area contributed by atoms with Crippen LogP contribution in [-0.4, -0.2) is 35.8 Å². The molecule has 0 radical (unpaired) electrons.